The van der Waals surface area contributed by atoms with Crippen molar-refractivity contribution < 1.29 is 8.78 Å². The zero-order valence-corrected chi connectivity index (χ0v) is 13.6. The summed E-state index contributed by atoms with van der Waals surface area (Å²) in [6.45, 7) is 2.13. The van der Waals surface area contributed by atoms with Gasteiger partial charge in [0, 0.05) is 29.3 Å². The average Bonchev–Trinajstić information content (AvgIpc) is 2.98. The molecule has 2 heterocycles. The fraction of sp³-hybridized carbons (Fsp3) is 0.158. The Hall–Kier alpha value is -3.02. The molecule has 3 N–H and O–H groups in total. The molecule has 0 spiro atoms. The average molecular weight is 338 g/mol. The van der Waals surface area contributed by atoms with Crippen molar-refractivity contribution in [3.63, 3.8) is 0 Å². The second kappa shape index (κ2) is 5.81. The lowest BCUT2D eigenvalue weighted by molar-refractivity contribution is 0.591. The quantitative estimate of drug-likeness (QED) is 0.725. The summed E-state index contributed by atoms with van der Waals surface area (Å²) < 4.78 is 27.5. The van der Waals surface area contributed by atoms with Crippen LogP contribution in [0, 0.1) is 17.6 Å². The highest BCUT2D eigenvalue weighted by atomic mass is 19.1. The smallest absolute Gasteiger partial charge is 0.164 e. The van der Waals surface area contributed by atoms with Gasteiger partial charge in [-0.15, -0.1) is 0 Å². The van der Waals surface area contributed by atoms with Gasteiger partial charge in [-0.1, -0.05) is 25.2 Å². The number of nitrogens with one attached hydrogen (secondary N) is 1. The predicted molar refractivity (Wildman–Crippen MR) is 94.6 cm³/mol. The lowest BCUT2D eigenvalue weighted by atomic mass is 9.94. The molecule has 1 aliphatic rings. The molecular weight excluding hydrogens is 322 g/mol. The van der Waals surface area contributed by atoms with Gasteiger partial charge in [0.15, 0.2) is 5.82 Å². The van der Waals surface area contributed by atoms with Crippen LogP contribution in [0.2, 0.25) is 0 Å². The number of anilines is 1. The van der Waals surface area contributed by atoms with Gasteiger partial charge in [0.1, 0.15) is 17.5 Å². The molecule has 0 amide bonds. The van der Waals surface area contributed by atoms with E-state index >= 15 is 0 Å². The third-order valence-electron chi connectivity index (χ3n) is 4.30. The van der Waals surface area contributed by atoms with Crippen LogP contribution in [0.25, 0.3) is 27.9 Å². The Morgan fingerprint density at radius 3 is 2.84 bits per heavy atom. The van der Waals surface area contributed by atoms with Gasteiger partial charge < -0.3 is 10.7 Å². The van der Waals surface area contributed by atoms with Crippen LogP contribution in [0.4, 0.5) is 14.6 Å². The van der Waals surface area contributed by atoms with Crippen molar-refractivity contribution in [1.29, 1.82) is 0 Å². The molecule has 0 saturated carbocycles. The number of allylic oxidation sites excluding steroid dienone is 4. The molecule has 4 nitrogen and oxygen atoms in total. The first-order valence-corrected chi connectivity index (χ1v) is 8.00. The highest BCUT2D eigenvalue weighted by Crippen LogP contribution is 2.32. The number of nitrogens with zero attached hydrogens (tertiary/aromatic N) is 2. The Kier molecular flexibility index (Phi) is 3.60. The molecule has 2 aromatic heterocycles. The summed E-state index contributed by atoms with van der Waals surface area (Å²) in [6.07, 6.45) is 8.55. The van der Waals surface area contributed by atoms with Crippen LogP contribution in [-0.2, 0) is 0 Å². The molecule has 0 saturated heterocycles. The first kappa shape index (κ1) is 15.5. The summed E-state index contributed by atoms with van der Waals surface area (Å²) >= 11 is 0. The largest absolute Gasteiger partial charge is 0.384 e. The second-order valence-corrected chi connectivity index (χ2v) is 6.27. The molecule has 0 radical (unpaired) electrons. The number of nitrogen functional groups attached to an aromatic ring is 1. The fourth-order valence-electron chi connectivity index (χ4n) is 3.13. The molecule has 3 aromatic rings. The normalized spacial score (nSPS) is 17.1. The lowest BCUT2D eigenvalue weighted by Gasteiger charge is -2.15. The third kappa shape index (κ3) is 2.80. The van der Waals surface area contributed by atoms with Crippen LogP contribution in [0.1, 0.15) is 19.0 Å². The number of aromatic amines is 1. The van der Waals surface area contributed by atoms with Gasteiger partial charge in [-0.05, 0) is 24.0 Å². The Balaban J connectivity index is 1.87. The first-order valence-electron chi connectivity index (χ1n) is 8.00. The molecule has 1 atom stereocenters. The van der Waals surface area contributed by atoms with Crippen LogP contribution in [-0.4, -0.2) is 15.0 Å². The predicted octanol–water partition coefficient (Wildman–Crippen LogP) is 4.46. The maximum atomic E-state index is 13.9. The fourth-order valence-corrected chi connectivity index (χ4v) is 3.13. The van der Waals surface area contributed by atoms with E-state index in [2.05, 4.69) is 28.0 Å². The van der Waals surface area contributed by atoms with Crippen molar-refractivity contribution in [2.75, 3.05) is 5.73 Å². The molecule has 0 aliphatic heterocycles. The Labute approximate surface area is 143 Å². The molecule has 25 heavy (non-hydrogen) atoms. The number of hydrogen-bond acceptors (Lipinski definition) is 3. The van der Waals surface area contributed by atoms with Crippen LogP contribution in [0.3, 0.4) is 0 Å². The summed E-state index contributed by atoms with van der Waals surface area (Å²) in [4.78, 5) is 11.7. The Bertz CT molecular complexity index is 1030. The maximum absolute atomic E-state index is 13.9. The Morgan fingerprint density at radius 2 is 2.04 bits per heavy atom. The van der Waals surface area contributed by atoms with Crippen molar-refractivity contribution in [1.82, 2.24) is 15.0 Å². The van der Waals surface area contributed by atoms with Gasteiger partial charge in [0.2, 0.25) is 0 Å². The molecule has 1 aromatic carbocycles. The highest BCUT2D eigenvalue weighted by molar-refractivity contribution is 5.94. The van der Waals surface area contributed by atoms with Gasteiger partial charge >= 0.3 is 0 Å². The van der Waals surface area contributed by atoms with E-state index in [9.17, 15) is 8.78 Å². The number of nitrogens with two attached hydrogens (primary N) is 1. The minimum Gasteiger partial charge on any atom is -0.384 e. The molecule has 0 bridgehead atoms. The zero-order valence-electron chi connectivity index (χ0n) is 13.6. The van der Waals surface area contributed by atoms with E-state index < -0.39 is 11.6 Å². The minimum absolute atomic E-state index is 0.220. The molecule has 1 aliphatic carbocycles. The van der Waals surface area contributed by atoms with Gasteiger partial charge in [-0.25, -0.2) is 18.7 Å². The maximum Gasteiger partial charge on any atom is 0.164 e. The summed E-state index contributed by atoms with van der Waals surface area (Å²) in [5, 5.41) is 0.389. The second-order valence-electron chi connectivity index (χ2n) is 6.27. The third-order valence-corrected chi connectivity index (χ3v) is 4.30. The van der Waals surface area contributed by atoms with E-state index in [4.69, 9.17) is 5.73 Å². The molecular formula is C19H16F2N4. The van der Waals surface area contributed by atoms with Gasteiger partial charge in [-0.3, -0.25) is 0 Å². The summed E-state index contributed by atoms with van der Waals surface area (Å²) in [7, 11) is 0. The van der Waals surface area contributed by atoms with E-state index in [1.54, 1.807) is 12.3 Å². The molecule has 4 rings (SSSR count). The van der Waals surface area contributed by atoms with E-state index in [1.807, 2.05) is 12.2 Å². The summed E-state index contributed by atoms with van der Waals surface area (Å²) in [5.41, 5.74) is 8.48. The molecule has 1 unspecified atom stereocenters. The molecule has 0 fully saturated rings. The SMILES string of the molecule is CC1C=CC=C(c2cc(N)nc(-c3c[nH]c4c(F)cc(F)cc34)n2)C1. The molecule has 6 heteroatoms. The molecule has 126 valence electrons. The number of hydrogen-bond donors (Lipinski definition) is 2. The topological polar surface area (TPSA) is 67.6 Å². The first-order chi connectivity index (χ1) is 12.0. The number of H-pyrrole nitrogens is 1. The van der Waals surface area contributed by atoms with Crippen molar-refractivity contribution in [2.45, 2.75) is 13.3 Å². The highest BCUT2D eigenvalue weighted by Gasteiger charge is 2.17. The zero-order chi connectivity index (χ0) is 17.6. The summed E-state index contributed by atoms with van der Waals surface area (Å²) in [5.74, 6) is -0.233. The van der Waals surface area contributed by atoms with Gasteiger partial charge in [0.25, 0.3) is 0 Å². The van der Waals surface area contributed by atoms with E-state index in [0.717, 1.165) is 23.8 Å². The minimum atomic E-state index is -0.653. The van der Waals surface area contributed by atoms with E-state index in [1.165, 1.54) is 6.07 Å². The number of halogens is 2. The van der Waals surface area contributed by atoms with Crippen molar-refractivity contribution in [2.24, 2.45) is 5.92 Å². The Morgan fingerprint density at radius 1 is 1.20 bits per heavy atom. The van der Waals surface area contributed by atoms with E-state index in [-0.39, 0.29) is 5.52 Å². The van der Waals surface area contributed by atoms with Crippen molar-refractivity contribution in [3.8, 4) is 11.4 Å². The summed E-state index contributed by atoms with van der Waals surface area (Å²) in [6, 6.07) is 3.83. The van der Waals surface area contributed by atoms with Crippen molar-refractivity contribution in [3.05, 3.63) is 60.0 Å². The number of rotatable bonds is 2. The number of fused-ring (bicyclic) bond motifs is 1. The monoisotopic (exact) mass is 338 g/mol. The van der Waals surface area contributed by atoms with Crippen molar-refractivity contribution >= 4 is 22.3 Å². The standard InChI is InChI=1S/C19H16F2N4/c1-10-3-2-4-11(5-10)16-8-17(22)25-19(24-16)14-9-23-18-13(14)6-12(20)7-15(18)21/h2-4,6-10,23H,5H2,1H3,(H2,22,24,25). The lowest BCUT2D eigenvalue weighted by Crippen LogP contribution is -2.03. The van der Waals surface area contributed by atoms with E-state index in [0.29, 0.717) is 28.5 Å². The van der Waals surface area contributed by atoms with Gasteiger partial charge in [-0.2, -0.15) is 0 Å². The van der Waals surface area contributed by atoms with Crippen LogP contribution in [0.5, 0.6) is 0 Å². The van der Waals surface area contributed by atoms with Crippen LogP contribution in [0.15, 0.2) is 42.6 Å². The van der Waals surface area contributed by atoms with Crippen LogP contribution < -0.4 is 5.73 Å². The number of benzene rings is 1. The van der Waals surface area contributed by atoms with Crippen LogP contribution >= 0.6 is 0 Å². The van der Waals surface area contributed by atoms with Gasteiger partial charge in [0.05, 0.1) is 11.2 Å². The number of aromatic nitrogens is 3.